The van der Waals surface area contributed by atoms with Crippen LogP contribution in [0.4, 0.5) is 0 Å². The van der Waals surface area contributed by atoms with Gasteiger partial charge in [-0.05, 0) is 31.6 Å². The number of β-amino-alcohol motifs (C(OH)–C–C–N with tert-alkyl or cyclic N) is 1. The Morgan fingerprint density at radius 3 is 2.17 bits per heavy atom. The quantitative estimate of drug-likeness (QED) is 0.663. The number of likely N-dealkylation sites (tertiary alicyclic amines) is 1. The Morgan fingerprint density at radius 2 is 1.75 bits per heavy atom. The summed E-state index contributed by atoms with van der Waals surface area (Å²) in [6.07, 6.45) is 6.70. The van der Waals surface area contributed by atoms with Gasteiger partial charge in [-0.1, -0.05) is 6.42 Å². The highest BCUT2D eigenvalue weighted by Crippen LogP contribution is 2.46. The predicted molar refractivity (Wildman–Crippen MR) is 46.9 cm³/mol. The maximum Gasteiger partial charge on any atom is 0.0928 e. The number of hydrogen-bond donors (Lipinski definition) is 1. The smallest absolute Gasteiger partial charge is 0.0928 e. The van der Waals surface area contributed by atoms with Gasteiger partial charge in [-0.3, -0.25) is 4.90 Å². The summed E-state index contributed by atoms with van der Waals surface area (Å²) in [5, 5.41) is 10.0. The Labute approximate surface area is 73.6 Å². The summed E-state index contributed by atoms with van der Waals surface area (Å²) in [6, 6.07) is 0.837. The van der Waals surface area contributed by atoms with Crippen molar-refractivity contribution in [2.24, 2.45) is 5.92 Å². The van der Waals surface area contributed by atoms with E-state index >= 15 is 0 Å². The lowest BCUT2D eigenvalue weighted by Crippen LogP contribution is -2.66. The zero-order chi connectivity index (χ0) is 8.18. The minimum Gasteiger partial charge on any atom is -0.387 e. The van der Waals surface area contributed by atoms with E-state index < -0.39 is 0 Å². The predicted octanol–water partition coefficient (Wildman–Crippen LogP) is 0.996. The van der Waals surface area contributed by atoms with Crippen LogP contribution in [0.25, 0.3) is 0 Å². The van der Waals surface area contributed by atoms with Gasteiger partial charge in [0.05, 0.1) is 5.60 Å². The number of rotatable bonds is 2. The minimum absolute atomic E-state index is 0.254. The van der Waals surface area contributed by atoms with Gasteiger partial charge in [0.25, 0.3) is 0 Å². The lowest BCUT2D eigenvalue weighted by Gasteiger charge is -2.53. The second-order valence-corrected chi connectivity index (χ2v) is 4.87. The Kier molecular flexibility index (Phi) is 1.37. The van der Waals surface area contributed by atoms with Gasteiger partial charge in [0.2, 0.25) is 0 Å². The van der Waals surface area contributed by atoms with E-state index in [4.69, 9.17) is 0 Å². The highest BCUT2D eigenvalue weighted by Gasteiger charge is 2.53. The van der Waals surface area contributed by atoms with E-state index in [9.17, 15) is 5.11 Å². The standard InChI is InChI=1S/C10H17NO/c12-10(8-4-5-8)6-11(7-10)9-2-1-3-9/h8-9,12H,1-7H2. The minimum atomic E-state index is -0.254. The molecule has 3 rings (SSSR count). The molecule has 1 N–H and O–H groups in total. The van der Waals surface area contributed by atoms with Gasteiger partial charge in [0.1, 0.15) is 0 Å². The van der Waals surface area contributed by atoms with Gasteiger partial charge in [0, 0.05) is 19.1 Å². The van der Waals surface area contributed by atoms with Crippen molar-refractivity contribution in [3.63, 3.8) is 0 Å². The molecule has 0 radical (unpaired) electrons. The molecule has 0 amide bonds. The normalized spacial score (nSPS) is 35.8. The molecular formula is C10H17NO. The Morgan fingerprint density at radius 1 is 1.08 bits per heavy atom. The van der Waals surface area contributed by atoms with Crippen molar-refractivity contribution in [3.05, 3.63) is 0 Å². The molecule has 0 unspecified atom stereocenters. The molecule has 2 saturated carbocycles. The first-order valence-electron chi connectivity index (χ1n) is 5.24. The van der Waals surface area contributed by atoms with E-state index in [0.717, 1.165) is 19.1 Å². The Hall–Kier alpha value is -0.0800. The van der Waals surface area contributed by atoms with Crippen molar-refractivity contribution >= 4 is 0 Å². The van der Waals surface area contributed by atoms with Crippen LogP contribution in [0.5, 0.6) is 0 Å². The molecule has 0 aromatic rings. The average molecular weight is 167 g/mol. The molecule has 3 aliphatic rings. The molecule has 0 bridgehead atoms. The highest BCUT2D eigenvalue weighted by molar-refractivity contribution is 5.07. The van der Waals surface area contributed by atoms with Crippen LogP contribution in [0.3, 0.4) is 0 Å². The second kappa shape index (κ2) is 2.24. The van der Waals surface area contributed by atoms with Crippen LogP contribution in [0.1, 0.15) is 32.1 Å². The molecule has 2 heteroatoms. The molecule has 2 aliphatic carbocycles. The Bertz CT molecular complexity index is 190. The van der Waals surface area contributed by atoms with Gasteiger partial charge >= 0.3 is 0 Å². The summed E-state index contributed by atoms with van der Waals surface area (Å²) in [4.78, 5) is 2.47. The van der Waals surface area contributed by atoms with Crippen LogP contribution in [0, 0.1) is 5.92 Å². The van der Waals surface area contributed by atoms with E-state index in [1.807, 2.05) is 0 Å². The fraction of sp³-hybridized carbons (Fsp3) is 1.00. The molecule has 0 spiro atoms. The topological polar surface area (TPSA) is 23.5 Å². The molecule has 2 nitrogen and oxygen atoms in total. The van der Waals surface area contributed by atoms with Crippen molar-refractivity contribution < 1.29 is 5.11 Å². The highest BCUT2D eigenvalue weighted by atomic mass is 16.3. The molecular weight excluding hydrogens is 150 g/mol. The van der Waals surface area contributed by atoms with Crippen LogP contribution < -0.4 is 0 Å². The molecule has 0 aromatic heterocycles. The molecule has 0 atom stereocenters. The fourth-order valence-corrected chi connectivity index (χ4v) is 2.55. The van der Waals surface area contributed by atoms with Crippen LogP contribution >= 0.6 is 0 Å². The van der Waals surface area contributed by atoms with Crippen molar-refractivity contribution in [1.82, 2.24) is 4.90 Å². The maximum absolute atomic E-state index is 10.0. The first kappa shape index (κ1) is 7.34. The summed E-state index contributed by atoms with van der Waals surface area (Å²) in [5.41, 5.74) is -0.254. The van der Waals surface area contributed by atoms with E-state index in [1.165, 1.54) is 32.1 Å². The summed E-state index contributed by atoms with van der Waals surface area (Å²) in [6.45, 7) is 1.95. The molecule has 1 aliphatic heterocycles. The number of nitrogens with zero attached hydrogens (tertiary/aromatic N) is 1. The van der Waals surface area contributed by atoms with E-state index in [2.05, 4.69) is 4.90 Å². The van der Waals surface area contributed by atoms with E-state index in [-0.39, 0.29) is 5.60 Å². The monoisotopic (exact) mass is 167 g/mol. The fourth-order valence-electron chi connectivity index (χ4n) is 2.55. The van der Waals surface area contributed by atoms with Crippen LogP contribution in [0.2, 0.25) is 0 Å². The van der Waals surface area contributed by atoms with Crippen LogP contribution in [-0.4, -0.2) is 34.7 Å². The number of hydrogen-bond acceptors (Lipinski definition) is 2. The third-order valence-corrected chi connectivity index (χ3v) is 3.88. The van der Waals surface area contributed by atoms with Gasteiger partial charge in [-0.15, -0.1) is 0 Å². The van der Waals surface area contributed by atoms with Gasteiger partial charge in [-0.25, -0.2) is 0 Å². The summed E-state index contributed by atoms with van der Waals surface area (Å²) in [5.74, 6) is 0.661. The summed E-state index contributed by atoms with van der Waals surface area (Å²) in [7, 11) is 0. The SMILES string of the molecule is OC1(C2CC2)CN(C2CCC2)C1. The van der Waals surface area contributed by atoms with Crippen molar-refractivity contribution in [2.75, 3.05) is 13.1 Å². The van der Waals surface area contributed by atoms with Crippen LogP contribution in [-0.2, 0) is 0 Å². The lowest BCUT2D eigenvalue weighted by atomic mass is 9.82. The second-order valence-electron chi connectivity index (χ2n) is 4.87. The molecule has 68 valence electrons. The average Bonchev–Trinajstić information content (AvgIpc) is 2.59. The first-order chi connectivity index (χ1) is 5.78. The zero-order valence-electron chi connectivity index (χ0n) is 7.50. The van der Waals surface area contributed by atoms with Crippen molar-refractivity contribution in [2.45, 2.75) is 43.7 Å². The molecule has 12 heavy (non-hydrogen) atoms. The zero-order valence-corrected chi connectivity index (χ0v) is 7.50. The lowest BCUT2D eigenvalue weighted by molar-refractivity contribution is -0.139. The van der Waals surface area contributed by atoms with E-state index in [0.29, 0.717) is 5.92 Å². The van der Waals surface area contributed by atoms with Gasteiger partial charge < -0.3 is 5.11 Å². The first-order valence-corrected chi connectivity index (χ1v) is 5.24. The van der Waals surface area contributed by atoms with Crippen molar-refractivity contribution in [3.8, 4) is 0 Å². The van der Waals surface area contributed by atoms with E-state index in [1.54, 1.807) is 0 Å². The van der Waals surface area contributed by atoms with Crippen LogP contribution in [0.15, 0.2) is 0 Å². The largest absolute Gasteiger partial charge is 0.387 e. The molecule has 1 saturated heterocycles. The third-order valence-electron chi connectivity index (χ3n) is 3.88. The molecule has 3 fully saturated rings. The van der Waals surface area contributed by atoms with Crippen molar-refractivity contribution in [1.29, 1.82) is 0 Å². The van der Waals surface area contributed by atoms with Gasteiger partial charge in [-0.2, -0.15) is 0 Å². The van der Waals surface area contributed by atoms with Gasteiger partial charge in [0.15, 0.2) is 0 Å². The number of aliphatic hydroxyl groups is 1. The third kappa shape index (κ3) is 0.944. The summed E-state index contributed by atoms with van der Waals surface area (Å²) >= 11 is 0. The molecule has 0 aromatic carbocycles. The molecule has 1 heterocycles. The Balaban J connectivity index is 1.55. The summed E-state index contributed by atoms with van der Waals surface area (Å²) < 4.78 is 0. The maximum atomic E-state index is 10.0.